The van der Waals surface area contributed by atoms with E-state index in [4.69, 9.17) is 14.6 Å². The van der Waals surface area contributed by atoms with Crippen LogP contribution in [0.5, 0.6) is 0 Å². The molecule has 0 radical (unpaired) electrons. The highest BCUT2D eigenvalue weighted by Gasteiger charge is 2.33. The fourth-order valence-corrected chi connectivity index (χ4v) is 5.02. The third kappa shape index (κ3) is 6.17. The van der Waals surface area contributed by atoms with Gasteiger partial charge in [0.1, 0.15) is 11.5 Å². The highest BCUT2D eigenvalue weighted by molar-refractivity contribution is 6.24. The third-order valence-corrected chi connectivity index (χ3v) is 6.87. The number of carboxylic acids is 1. The van der Waals surface area contributed by atoms with E-state index >= 15 is 0 Å². The minimum absolute atomic E-state index is 0.0128. The van der Waals surface area contributed by atoms with Crippen LogP contribution in [0.4, 0.5) is 0 Å². The van der Waals surface area contributed by atoms with Crippen molar-refractivity contribution in [3.05, 3.63) is 64.2 Å². The van der Waals surface area contributed by atoms with Crippen LogP contribution in [-0.2, 0) is 22.4 Å². The number of hydrogen-bond donors (Lipinski definition) is 2. The molecule has 0 saturated heterocycles. The van der Waals surface area contributed by atoms with Crippen LogP contribution in [0.2, 0.25) is 0 Å². The van der Waals surface area contributed by atoms with E-state index in [9.17, 15) is 19.5 Å². The Kier molecular flexibility index (Phi) is 8.46. The van der Waals surface area contributed by atoms with Crippen molar-refractivity contribution in [2.75, 3.05) is 6.54 Å². The van der Waals surface area contributed by atoms with Crippen molar-refractivity contribution in [3.63, 3.8) is 0 Å². The van der Waals surface area contributed by atoms with E-state index in [2.05, 4.69) is 5.16 Å². The normalized spacial score (nSPS) is 20.4. The second-order valence-electron chi connectivity index (χ2n) is 9.50. The van der Waals surface area contributed by atoms with Gasteiger partial charge < -0.3 is 14.7 Å². The van der Waals surface area contributed by atoms with Gasteiger partial charge in [-0.1, -0.05) is 41.9 Å². The summed E-state index contributed by atoms with van der Waals surface area (Å²) in [5.41, 5.74) is 2.99. The molecule has 0 spiro atoms. The summed E-state index contributed by atoms with van der Waals surface area (Å²) in [6.07, 6.45) is 5.37. The van der Waals surface area contributed by atoms with Crippen molar-refractivity contribution in [1.82, 2.24) is 5.16 Å². The molecule has 8 heteroatoms. The van der Waals surface area contributed by atoms with Crippen molar-refractivity contribution >= 4 is 23.2 Å². The first-order valence-electron chi connectivity index (χ1n) is 12.7. The summed E-state index contributed by atoms with van der Waals surface area (Å²) in [5, 5.41) is 23.9. The van der Waals surface area contributed by atoms with Gasteiger partial charge in [-0.25, -0.2) is 0 Å². The first kappa shape index (κ1) is 25.5. The van der Waals surface area contributed by atoms with E-state index in [1.807, 2.05) is 30.3 Å². The fraction of sp³-hybridized carbons (Fsp3) is 0.464. The lowest BCUT2D eigenvalue weighted by atomic mass is 9.78. The molecule has 0 aliphatic heterocycles. The number of aliphatic hydroxyl groups excluding tert-OH is 1. The number of Topliss-reactive ketones (excluding diaryl/α,β-unsaturated/α-hetero) is 2. The molecule has 1 aromatic heterocycles. The van der Waals surface area contributed by atoms with Crippen molar-refractivity contribution in [2.24, 2.45) is 4.99 Å². The second kappa shape index (κ2) is 11.9. The Labute approximate surface area is 210 Å². The van der Waals surface area contributed by atoms with Crippen LogP contribution < -0.4 is 0 Å². The maximum absolute atomic E-state index is 13.2. The van der Waals surface area contributed by atoms with Crippen molar-refractivity contribution < 1.29 is 29.1 Å². The lowest BCUT2D eigenvalue weighted by molar-refractivity contribution is -0.137. The van der Waals surface area contributed by atoms with Gasteiger partial charge in [-0.15, -0.1) is 0 Å². The number of carbonyl (C=O) groups excluding carboxylic acids is 2. The van der Waals surface area contributed by atoms with Crippen LogP contribution in [0.3, 0.4) is 0 Å². The summed E-state index contributed by atoms with van der Waals surface area (Å²) >= 11 is 0. The Morgan fingerprint density at radius 2 is 1.81 bits per heavy atom. The zero-order valence-corrected chi connectivity index (χ0v) is 20.4. The van der Waals surface area contributed by atoms with Gasteiger partial charge in [0.05, 0.1) is 16.8 Å². The Morgan fingerprint density at radius 3 is 2.58 bits per heavy atom. The number of aryl methyl sites for hydroxylation is 2. The van der Waals surface area contributed by atoms with Crippen molar-refractivity contribution in [1.29, 1.82) is 0 Å². The number of aromatic nitrogens is 1. The Hall–Kier alpha value is -3.55. The number of benzene rings is 1. The van der Waals surface area contributed by atoms with Crippen molar-refractivity contribution in [3.8, 4) is 0 Å². The summed E-state index contributed by atoms with van der Waals surface area (Å²) in [6, 6.07) is 9.83. The Bertz CT molecular complexity index is 1180. The highest BCUT2D eigenvalue weighted by Crippen LogP contribution is 2.34. The monoisotopic (exact) mass is 492 g/mol. The molecule has 0 bridgehead atoms. The van der Waals surface area contributed by atoms with E-state index in [1.165, 1.54) is 0 Å². The molecule has 1 unspecified atom stereocenters. The highest BCUT2D eigenvalue weighted by atomic mass is 16.5. The Balaban J connectivity index is 1.51. The fourth-order valence-electron chi connectivity index (χ4n) is 5.02. The number of allylic oxidation sites excluding steroid dienone is 2. The summed E-state index contributed by atoms with van der Waals surface area (Å²) in [6.45, 7) is 0.464. The van der Waals surface area contributed by atoms with Crippen LogP contribution in [0.15, 0.2) is 51.2 Å². The largest absolute Gasteiger partial charge is 0.511 e. The molecule has 2 N–H and O–H groups in total. The molecule has 2 aliphatic rings. The first-order chi connectivity index (χ1) is 17.4. The summed E-state index contributed by atoms with van der Waals surface area (Å²) in [4.78, 5) is 41.0. The lowest BCUT2D eigenvalue weighted by Crippen LogP contribution is -2.27. The maximum atomic E-state index is 13.2. The van der Waals surface area contributed by atoms with Gasteiger partial charge in [-0.2, -0.15) is 0 Å². The number of aliphatic imine (C=N–C) groups is 1. The lowest BCUT2D eigenvalue weighted by Gasteiger charge is -2.26. The van der Waals surface area contributed by atoms with Gasteiger partial charge in [0, 0.05) is 50.8 Å². The number of carboxylic acid groups (broad SMARTS) is 1. The molecule has 8 nitrogen and oxygen atoms in total. The molecule has 0 amide bonds. The van der Waals surface area contributed by atoms with E-state index in [-0.39, 0.29) is 41.7 Å². The number of ketones is 2. The van der Waals surface area contributed by atoms with E-state index in [1.54, 1.807) is 0 Å². The van der Waals surface area contributed by atoms with Crippen LogP contribution in [0, 0.1) is 0 Å². The van der Waals surface area contributed by atoms with E-state index in [0.29, 0.717) is 74.2 Å². The Morgan fingerprint density at radius 1 is 1.00 bits per heavy atom. The predicted octanol–water partition coefficient (Wildman–Crippen LogP) is 5.17. The molecule has 1 atom stereocenters. The number of aliphatic carboxylic acids is 1. The van der Waals surface area contributed by atoms with Crippen LogP contribution >= 0.6 is 0 Å². The molecule has 36 heavy (non-hydrogen) atoms. The minimum atomic E-state index is -0.810. The maximum Gasteiger partial charge on any atom is 0.303 e. The summed E-state index contributed by atoms with van der Waals surface area (Å²) < 4.78 is 5.34. The third-order valence-electron chi connectivity index (χ3n) is 6.87. The minimum Gasteiger partial charge on any atom is -0.511 e. The number of unbranched alkanes of at least 4 members (excludes halogenated alkanes) is 2. The van der Waals surface area contributed by atoms with Crippen LogP contribution in [-0.4, -0.2) is 45.2 Å². The van der Waals surface area contributed by atoms with Gasteiger partial charge in [0.15, 0.2) is 11.6 Å². The van der Waals surface area contributed by atoms with E-state index < -0.39 is 5.97 Å². The number of aliphatic hydroxyl groups is 1. The number of carbonyl (C=O) groups is 3. The van der Waals surface area contributed by atoms with Gasteiger partial charge in [-0.05, 0) is 37.2 Å². The topological polar surface area (TPSA) is 130 Å². The van der Waals surface area contributed by atoms with Gasteiger partial charge >= 0.3 is 5.97 Å². The zero-order chi connectivity index (χ0) is 25.5. The summed E-state index contributed by atoms with van der Waals surface area (Å²) in [5.74, 6) is -0.370. The molecule has 1 saturated carbocycles. The first-order valence-corrected chi connectivity index (χ1v) is 12.7. The number of fused-ring (bicyclic) bond motifs is 1. The van der Waals surface area contributed by atoms with Crippen molar-refractivity contribution in [2.45, 2.75) is 76.5 Å². The summed E-state index contributed by atoms with van der Waals surface area (Å²) in [7, 11) is 0. The van der Waals surface area contributed by atoms with Crippen LogP contribution in [0.1, 0.15) is 91.1 Å². The molecule has 2 aromatic rings. The number of hydrogen-bond acceptors (Lipinski definition) is 7. The molecule has 190 valence electrons. The quantitative estimate of drug-likeness (QED) is 0.266. The second-order valence-corrected chi connectivity index (χ2v) is 9.50. The smallest absolute Gasteiger partial charge is 0.303 e. The zero-order valence-electron chi connectivity index (χ0n) is 20.4. The predicted molar refractivity (Wildman–Crippen MR) is 134 cm³/mol. The molecule has 1 fully saturated rings. The van der Waals surface area contributed by atoms with Gasteiger partial charge in [0.25, 0.3) is 0 Å². The molecule has 1 aromatic carbocycles. The number of rotatable bonds is 10. The molecular formula is C28H32N2O6. The molecule has 1 heterocycles. The molecular weight excluding hydrogens is 460 g/mol. The molecule has 4 rings (SSSR count). The van der Waals surface area contributed by atoms with E-state index in [0.717, 1.165) is 18.4 Å². The van der Waals surface area contributed by atoms with Crippen LogP contribution in [0.25, 0.3) is 0 Å². The average Bonchev–Trinajstić information content (AvgIpc) is 3.29. The SMILES string of the molecule is O=C(O)CCCCCN=C1CC(c2ccccc2)CC(=O)C1=C(O)CCc1noc2c1C(=O)CCC2. The van der Waals surface area contributed by atoms with Gasteiger partial charge in [0.2, 0.25) is 0 Å². The van der Waals surface area contributed by atoms with Gasteiger partial charge in [-0.3, -0.25) is 19.4 Å². The number of nitrogens with zero attached hydrogens (tertiary/aromatic N) is 2. The average molecular weight is 493 g/mol. The molecule has 2 aliphatic carbocycles. The standard InChI is InChI=1S/C28H32N2O6/c31-22-10-7-11-25-28(22)20(30-36-25)13-14-23(32)27-21(29-15-6-2-5-12-26(34)35)16-19(17-24(27)33)18-8-3-1-4-9-18/h1,3-4,8-9,19,32H,2,5-7,10-17H2,(H,34,35).